The summed E-state index contributed by atoms with van der Waals surface area (Å²) in [5, 5.41) is 8.93. The largest absolute Gasteiger partial charge is 0.477 e. The third kappa shape index (κ3) is 3.20. The molecule has 1 heterocycles. The summed E-state index contributed by atoms with van der Waals surface area (Å²) in [5.41, 5.74) is -0.218. The minimum Gasteiger partial charge on any atom is -0.477 e. The van der Waals surface area contributed by atoms with Gasteiger partial charge in [0.15, 0.2) is 0 Å². The summed E-state index contributed by atoms with van der Waals surface area (Å²) in [4.78, 5) is 24.4. The molecule has 0 spiro atoms. The van der Waals surface area contributed by atoms with E-state index in [1.54, 1.807) is 0 Å². The molecular weight excluding hydrogens is 208 g/mol. The molecule has 5 heteroatoms. The number of carboxylic acids is 1. The maximum Gasteiger partial charge on any atom is 0.352 e. The van der Waals surface area contributed by atoms with Crippen LogP contribution in [0.1, 0.15) is 16.9 Å². The Morgan fingerprint density at radius 1 is 1.44 bits per heavy atom. The van der Waals surface area contributed by atoms with Crippen molar-refractivity contribution in [1.29, 1.82) is 0 Å². The van der Waals surface area contributed by atoms with Crippen LogP contribution in [0.25, 0.3) is 0 Å². The Morgan fingerprint density at radius 3 is 2.69 bits per heavy atom. The van der Waals surface area contributed by atoms with Crippen molar-refractivity contribution < 1.29 is 9.90 Å². The van der Waals surface area contributed by atoms with Crippen molar-refractivity contribution in [3.8, 4) is 0 Å². The van der Waals surface area contributed by atoms with Gasteiger partial charge in [0.1, 0.15) is 5.69 Å². The van der Waals surface area contributed by atoms with Crippen LogP contribution in [0.5, 0.6) is 0 Å². The number of pyridine rings is 1. The number of hydrogen-bond acceptors (Lipinski definition) is 3. The number of rotatable bonds is 5. The SMILES string of the molecule is CN(C)CCCn1c(C(=O)O)cccc1=O. The molecule has 16 heavy (non-hydrogen) atoms. The van der Waals surface area contributed by atoms with Crippen LogP contribution in [0.2, 0.25) is 0 Å². The lowest BCUT2D eigenvalue weighted by atomic mass is 10.3. The highest BCUT2D eigenvalue weighted by atomic mass is 16.4. The Balaban J connectivity index is 2.85. The van der Waals surface area contributed by atoms with Gasteiger partial charge in [-0.2, -0.15) is 0 Å². The van der Waals surface area contributed by atoms with Crippen LogP contribution in [-0.4, -0.2) is 41.2 Å². The Morgan fingerprint density at radius 2 is 2.12 bits per heavy atom. The van der Waals surface area contributed by atoms with E-state index in [2.05, 4.69) is 0 Å². The molecule has 1 aromatic rings. The van der Waals surface area contributed by atoms with Crippen LogP contribution >= 0.6 is 0 Å². The summed E-state index contributed by atoms with van der Waals surface area (Å²) in [6.45, 7) is 1.25. The maximum atomic E-state index is 11.5. The molecule has 1 N–H and O–H groups in total. The zero-order valence-corrected chi connectivity index (χ0v) is 9.51. The second-order valence-corrected chi connectivity index (χ2v) is 3.86. The van der Waals surface area contributed by atoms with Gasteiger partial charge in [-0.15, -0.1) is 0 Å². The van der Waals surface area contributed by atoms with Gasteiger partial charge in [-0.3, -0.25) is 4.79 Å². The molecule has 0 amide bonds. The maximum absolute atomic E-state index is 11.5. The first-order valence-corrected chi connectivity index (χ1v) is 5.10. The van der Waals surface area contributed by atoms with E-state index in [-0.39, 0.29) is 11.3 Å². The van der Waals surface area contributed by atoms with E-state index in [1.807, 2.05) is 19.0 Å². The molecule has 0 bridgehead atoms. The first-order chi connectivity index (χ1) is 7.52. The molecule has 0 saturated heterocycles. The summed E-state index contributed by atoms with van der Waals surface area (Å²) < 4.78 is 1.30. The molecule has 0 radical (unpaired) electrons. The van der Waals surface area contributed by atoms with Crippen molar-refractivity contribution in [3.63, 3.8) is 0 Å². The lowest BCUT2D eigenvalue weighted by molar-refractivity contribution is 0.0683. The monoisotopic (exact) mass is 224 g/mol. The van der Waals surface area contributed by atoms with Gasteiger partial charge < -0.3 is 14.6 Å². The number of aromatic carboxylic acids is 1. The van der Waals surface area contributed by atoms with E-state index in [0.717, 1.165) is 13.0 Å². The molecule has 1 rings (SSSR count). The van der Waals surface area contributed by atoms with Gasteiger partial charge in [0.2, 0.25) is 0 Å². The van der Waals surface area contributed by atoms with E-state index < -0.39 is 5.97 Å². The number of carbonyl (C=O) groups is 1. The van der Waals surface area contributed by atoms with E-state index in [4.69, 9.17) is 5.11 Å². The topological polar surface area (TPSA) is 62.5 Å². The third-order valence-corrected chi connectivity index (χ3v) is 2.26. The molecule has 0 unspecified atom stereocenters. The highest BCUT2D eigenvalue weighted by Gasteiger charge is 2.09. The Hall–Kier alpha value is -1.62. The molecule has 88 valence electrons. The van der Waals surface area contributed by atoms with Crippen molar-refractivity contribution in [3.05, 3.63) is 34.2 Å². The Kier molecular flexibility index (Phi) is 4.25. The van der Waals surface area contributed by atoms with Gasteiger partial charge >= 0.3 is 5.97 Å². The lowest BCUT2D eigenvalue weighted by Crippen LogP contribution is -2.26. The van der Waals surface area contributed by atoms with Crippen LogP contribution in [-0.2, 0) is 6.54 Å². The van der Waals surface area contributed by atoms with E-state index in [0.29, 0.717) is 6.54 Å². The van der Waals surface area contributed by atoms with Crippen LogP contribution in [0.3, 0.4) is 0 Å². The fourth-order valence-electron chi connectivity index (χ4n) is 1.48. The molecule has 0 aliphatic rings. The van der Waals surface area contributed by atoms with Crippen LogP contribution in [0, 0.1) is 0 Å². The van der Waals surface area contributed by atoms with Gasteiger partial charge in [0.25, 0.3) is 5.56 Å². The molecule has 0 aliphatic heterocycles. The zero-order valence-electron chi connectivity index (χ0n) is 9.51. The van der Waals surface area contributed by atoms with Crippen LogP contribution < -0.4 is 5.56 Å². The van der Waals surface area contributed by atoms with Gasteiger partial charge in [0.05, 0.1) is 0 Å². The standard InChI is InChI=1S/C11H16N2O3/c1-12(2)7-4-8-13-9(11(15)16)5-3-6-10(13)14/h3,5-6H,4,7-8H2,1-2H3,(H,15,16). The average Bonchev–Trinajstić information content (AvgIpc) is 2.19. The molecule has 0 fully saturated rings. The third-order valence-electron chi connectivity index (χ3n) is 2.26. The van der Waals surface area contributed by atoms with Crippen molar-refractivity contribution >= 4 is 5.97 Å². The van der Waals surface area contributed by atoms with E-state index >= 15 is 0 Å². The zero-order chi connectivity index (χ0) is 12.1. The first-order valence-electron chi connectivity index (χ1n) is 5.10. The van der Waals surface area contributed by atoms with Crippen molar-refractivity contribution in [1.82, 2.24) is 9.47 Å². The van der Waals surface area contributed by atoms with Crippen LogP contribution in [0.4, 0.5) is 0 Å². The summed E-state index contributed by atoms with van der Waals surface area (Å²) >= 11 is 0. The van der Waals surface area contributed by atoms with Gasteiger partial charge in [-0.05, 0) is 33.1 Å². The summed E-state index contributed by atoms with van der Waals surface area (Å²) in [6.07, 6.45) is 0.747. The highest BCUT2D eigenvalue weighted by Crippen LogP contribution is 1.98. The summed E-state index contributed by atoms with van der Waals surface area (Å²) in [5.74, 6) is -1.07. The predicted octanol–water partition coefficient (Wildman–Crippen LogP) is 0.498. The van der Waals surface area contributed by atoms with E-state index in [1.165, 1.54) is 22.8 Å². The molecule has 0 atom stereocenters. The fraction of sp³-hybridized carbons (Fsp3) is 0.455. The number of nitrogens with zero attached hydrogens (tertiary/aromatic N) is 2. The van der Waals surface area contributed by atoms with Crippen molar-refractivity contribution in [2.75, 3.05) is 20.6 Å². The number of aromatic nitrogens is 1. The molecule has 0 aliphatic carbocycles. The van der Waals surface area contributed by atoms with Crippen molar-refractivity contribution in [2.24, 2.45) is 0 Å². The van der Waals surface area contributed by atoms with E-state index in [9.17, 15) is 9.59 Å². The Labute approximate surface area is 93.9 Å². The number of carboxylic acid groups (broad SMARTS) is 1. The molecule has 1 aromatic heterocycles. The smallest absolute Gasteiger partial charge is 0.352 e. The minimum atomic E-state index is -1.07. The fourth-order valence-corrected chi connectivity index (χ4v) is 1.48. The average molecular weight is 224 g/mol. The second-order valence-electron chi connectivity index (χ2n) is 3.86. The number of hydrogen-bond donors (Lipinski definition) is 1. The summed E-state index contributed by atoms with van der Waals surface area (Å²) in [7, 11) is 3.87. The molecular formula is C11H16N2O3. The minimum absolute atomic E-state index is 0.0475. The summed E-state index contributed by atoms with van der Waals surface area (Å²) in [6, 6.07) is 4.29. The van der Waals surface area contributed by atoms with Crippen molar-refractivity contribution in [2.45, 2.75) is 13.0 Å². The van der Waals surface area contributed by atoms with Gasteiger partial charge in [0, 0.05) is 12.6 Å². The highest BCUT2D eigenvalue weighted by molar-refractivity contribution is 5.85. The normalized spacial score (nSPS) is 10.7. The second kappa shape index (κ2) is 5.46. The van der Waals surface area contributed by atoms with Gasteiger partial charge in [-0.1, -0.05) is 6.07 Å². The lowest BCUT2D eigenvalue weighted by Gasteiger charge is -2.12. The van der Waals surface area contributed by atoms with Crippen LogP contribution in [0.15, 0.2) is 23.0 Å². The molecule has 5 nitrogen and oxygen atoms in total. The quantitative estimate of drug-likeness (QED) is 0.791. The predicted molar refractivity (Wildman–Crippen MR) is 60.8 cm³/mol. The first kappa shape index (κ1) is 12.4. The molecule has 0 aromatic carbocycles. The van der Waals surface area contributed by atoms with Gasteiger partial charge in [-0.25, -0.2) is 4.79 Å². The molecule has 0 saturated carbocycles. The Bertz CT molecular complexity index is 423.